The summed E-state index contributed by atoms with van der Waals surface area (Å²) in [7, 11) is 0. The average molecular weight is 221 g/mol. The predicted molar refractivity (Wildman–Crippen MR) is 54.7 cm³/mol. The summed E-state index contributed by atoms with van der Waals surface area (Å²) in [6.45, 7) is 6.05. The van der Waals surface area contributed by atoms with Crippen LogP contribution in [0.4, 0.5) is 4.79 Å². The molecule has 0 aliphatic heterocycles. The normalized spacial score (nSPS) is 10.1. The molecule has 0 unspecified atom stereocenters. The molecule has 0 rings (SSSR count). The number of carbonyl (C=O) groups excluding carboxylic acids is 2. The number of rotatable bonds is 5. The molecule has 0 heterocycles. The molecular weight excluding hydrogens is 202 g/mol. The van der Waals surface area contributed by atoms with Crippen LogP contribution < -0.4 is 5.32 Å². The number of aldehydes is 1. The van der Waals surface area contributed by atoms with Gasteiger partial charge in [0.05, 0.1) is 6.61 Å². The average Bonchev–Trinajstić information content (AvgIpc) is 2.00. The predicted octanol–water partition coefficient (Wildman–Crippen LogP) is -0.0981. The molecule has 0 bridgehead atoms. The molecule has 0 saturated heterocycles. The molecule has 15 heavy (non-hydrogen) atoms. The Morgan fingerprint density at radius 1 is 1.40 bits per heavy atom. The fourth-order valence-corrected chi connectivity index (χ4v) is 0.671. The Morgan fingerprint density at radius 2 is 2.00 bits per heavy atom. The van der Waals surface area contributed by atoms with Crippen molar-refractivity contribution < 1.29 is 24.5 Å². The van der Waals surface area contributed by atoms with Gasteiger partial charge in [-0.15, -0.1) is 0 Å². The van der Waals surface area contributed by atoms with Crippen LogP contribution in [0.15, 0.2) is 0 Å². The van der Waals surface area contributed by atoms with Crippen molar-refractivity contribution in [2.45, 2.75) is 26.4 Å². The lowest BCUT2D eigenvalue weighted by Gasteiger charge is -2.19. The van der Waals surface area contributed by atoms with Crippen LogP contribution in [0.1, 0.15) is 20.8 Å². The lowest BCUT2D eigenvalue weighted by molar-refractivity contribution is -0.111. The quantitative estimate of drug-likeness (QED) is 0.518. The van der Waals surface area contributed by atoms with Crippen LogP contribution in [-0.2, 0) is 14.3 Å². The smallest absolute Gasteiger partial charge is 0.407 e. The summed E-state index contributed by atoms with van der Waals surface area (Å²) in [4.78, 5) is 20.9. The summed E-state index contributed by atoms with van der Waals surface area (Å²) in [5.41, 5.74) is -0.492. The zero-order valence-electron chi connectivity index (χ0n) is 9.33. The van der Waals surface area contributed by atoms with Gasteiger partial charge >= 0.3 is 6.09 Å². The molecule has 0 aromatic heterocycles. The van der Waals surface area contributed by atoms with Crippen molar-refractivity contribution in [3.8, 4) is 0 Å². The third kappa shape index (κ3) is 12.9. The Bertz CT molecular complexity index is 187. The zero-order chi connectivity index (χ0) is 11.0. The van der Waals surface area contributed by atoms with Gasteiger partial charge in [0.2, 0.25) is 0 Å². The second-order valence-corrected chi connectivity index (χ2v) is 3.67. The second-order valence-electron chi connectivity index (χ2n) is 3.67. The third-order valence-corrected chi connectivity index (χ3v) is 1.10. The monoisotopic (exact) mass is 221 g/mol. The molecule has 0 aromatic rings. The van der Waals surface area contributed by atoms with Crippen LogP contribution in [0.3, 0.4) is 0 Å². The minimum Gasteiger partial charge on any atom is -0.444 e. The van der Waals surface area contributed by atoms with Gasteiger partial charge in [-0.3, -0.25) is 0 Å². The minimum absolute atomic E-state index is 0. The minimum atomic E-state index is -0.492. The lowest BCUT2D eigenvalue weighted by atomic mass is 10.2. The van der Waals surface area contributed by atoms with E-state index in [4.69, 9.17) is 9.47 Å². The van der Waals surface area contributed by atoms with Crippen LogP contribution >= 0.6 is 0 Å². The van der Waals surface area contributed by atoms with Gasteiger partial charge in [0, 0.05) is 6.54 Å². The number of alkyl carbamates (subject to hydrolysis) is 1. The van der Waals surface area contributed by atoms with Crippen LogP contribution in [0.25, 0.3) is 0 Å². The lowest BCUT2D eigenvalue weighted by Crippen LogP contribution is -2.34. The molecule has 90 valence electrons. The van der Waals surface area contributed by atoms with Crippen LogP contribution in [0.5, 0.6) is 0 Å². The van der Waals surface area contributed by atoms with E-state index in [1.165, 1.54) is 0 Å². The van der Waals surface area contributed by atoms with Crippen molar-refractivity contribution in [3.63, 3.8) is 0 Å². The Balaban J connectivity index is 0. The summed E-state index contributed by atoms with van der Waals surface area (Å²) in [6, 6.07) is 0. The van der Waals surface area contributed by atoms with Gasteiger partial charge in [-0.25, -0.2) is 4.79 Å². The van der Waals surface area contributed by atoms with E-state index in [0.29, 0.717) is 19.4 Å². The molecule has 1 amide bonds. The van der Waals surface area contributed by atoms with Gasteiger partial charge in [-0.05, 0) is 20.8 Å². The molecule has 6 heteroatoms. The van der Waals surface area contributed by atoms with Crippen molar-refractivity contribution in [2.24, 2.45) is 0 Å². The maximum atomic E-state index is 11.0. The number of amides is 1. The molecule has 0 aliphatic rings. The third-order valence-electron chi connectivity index (χ3n) is 1.10. The fourth-order valence-electron chi connectivity index (χ4n) is 0.671. The first-order valence-corrected chi connectivity index (χ1v) is 4.44. The number of nitrogens with one attached hydrogen (secondary N) is 1. The van der Waals surface area contributed by atoms with Gasteiger partial charge < -0.3 is 25.1 Å². The summed E-state index contributed by atoms with van der Waals surface area (Å²) in [5, 5.41) is 2.50. The molecule has 0 spiro atoms. The van der Waals surface area contributed by atoms with E-state index in [-0.39, 0.29) is 12.1 Å². The first-order chi connectivity index (χ1) is 6.45. The summed E-state index contributed by atoms with van der Waals surface area (Å²) < 4.78 is 9.79. The van der Waals surface area contributed by atoms with E-state index in [1.807, 2.05) is 0 Å². The molecule has 0 aliphatic carbocycles. The van der Waals surface area contributed by atoms with Crippen molar-refractivity contribution in [1.29, 1.82) is 0 Å². The topological polar surface area (TPSA) is 96.1 Å². The van der Waals surface area contributed by atoms with Crippen molar-refractivity contribution in [3.05, 3.63) is 0 Å². The number of carbonyl (C=O) groups is 2. The molecule has 0 radical (unpaired) electrons. The van der Waals surface area contributed by atoms with Crippen molar-refractivity contribution in [2.75, 3.05) is 19.8 Å². The highest BCUT2D eigenvalue weighted by molar-refractivity contribution is 5.67. The SMILES string of the molecule is CC(C)(C)OC(=O)NCCOCC=O.O. The van der Waals surface area contributed by atoms with E-state index in [0.717, 1.165) is 0 Å². The molecule has 0 fully saturated rings. The molecule has 0 saturated carbocycles. The summed E-state index contributed by atoms with van der Waals surface area (Å²) in [5.74, 6) is 0. The van der Waals surface area contributed by atoms with Crippen molar-refractivity contribution >= 4 is 12.4 Å². The molecule has 3 N–H and O–H groups in total. The molecule has 0 atom stereocenters. The number of hydrogen-bond donors (Lipinski definition) is 1. The van der Waals surface area contributed by atoms with E-state index in [2.05, 4.69) is 5.32 Å². The van der Waals surface area contributed by atoms with Crippen LogP contribution in [0, 0.1) is 0 Å². The maximum absolute atomic E-state index is 11.0. The highest BCUT2D eigenvalue weighted by atomic mass is 16.6. The highest BCUT2D eigenvalue weighted by Crippen LogP contribution is 2.05. The largest absolute Gasteiger partial charge is 0.444 e. The van der Waals surface area contributed by atoms with Gasteiger partial charge in [-0.1, -0.05) is 0 Å². The maximum Gasteiger partial charge on any atom is 0.407 e. The first-order valence-electron chi connectivity index (χ1n) is 4.44. The molecule has 6 nitrogen and oxygen atoms in total. The number of hydrogen-bond acceptors (Lipinski definition) is 4. The standard InChI is InChI=1S/C9H17NO4.H2O/c1-9(2,3)14-8(12)10-4-6-13-7-5-11;/h5H,4,6-7H2,1-3H3,(H,10,12);1H2. The Hall–Kier alpha value is -1.14. The fraction of sp³-hybridized carbons (Fsp3) is 0.778. The molecular formula is C9H19NO5. The van der Waals surface area contributed by atoms with Crippen LogP contribution in [0.2, 0.25) is 0 Å². The van der Waals surface area contributed by atoms with Crippen LogP contribution in [-0.4, -0.2) is 43.2 Å². The first kappa shape index (κ1) is 16.3. The van der Waals surface area contributed by atoms with Gasteiger partial charge in [0.25, 0.3) is 0 Å². The second kappa shape index (κ2) is 8.19. The van der Waals surface area contributed by atoms with E-state index >= 15 is 0 Å². The molecule has 0 aromatic carbocycles. The Morgan fingerprint density at radius 3 is 2.47 bits per heavy atom. The highest BCUT2D eigenvalue weighted by Gasteiger charge is 2.15. The van der Waals surface area contributed by atoms with Gasteiger partial charge in [0.15, 0.2) is 0 Å². The van der Waals surface area contributed by atoms with E-state index in [1.54, 1.807) is 20.8 Å². The number of ether oxygens (including phenoxy) is 2. The van der Waals surface area contributed by atoms with E-state index < -0.39 is 11.7 Å². The van der Waals surface area contributed by atoms with Gasteiger partial charge in [0.1, 0.15) is 18.5 Å². The Kier molecular flexibility index (Phi) is 8.90. The Labute approximate surface area is 89.2 Å². The van der Waals surface area contributed by atoms with E-state index in [9.17, 15) is 9.59 Å². The van der Waals surface area contributed by atoms with Gasteiger partial charge in [-0.2, -0.15) is 0 Å². The van der Waals surface area contributed by atoms with Crippen molar-refractivity contribution in [1.82, 2.24) is 5.32 Å². The summed E-state index contributed by atoms with van der Waals surface area (Å²) >= 11 is 0. The summed E-state index contributed by atoms with van der Waals surface area (Å²) in [6.07, 6.45) is 0.181. The zero-order valence-corrected chi connectivity index (χ0v) is 9.33.